The molecule has 6 nitrogen and oxygen atoms in total. The maximum atomic E-state index is 13.4. The molecular weight excluding hydrogens is 1160 g/mol. The van der Waals surface area contributed by atoms with Crippen LogP contribution in [0.3, 0.4) is 0 Å². The Kier molecular flexibility index (Phi) is 11.4. The zero-order valence-electron chi connectivity index (χ0n) is 40.4. The molecule has 0 bridgehead atoms. The Bertz CT molecular complexity index is 4140. The van der Waals surface area contributed by atoms with Gasteiger partial charge in [-0.2, -0.15) is 0 Å². The van der Waals surface area contributed by atoms with Crippen LogP contribution in [0.2, 0.25) is 0 Å². The predicted octanol–water partition coefficient (Wildman–Crippen LogP) is 15.8. The van der Waals surface area contributed by atoms with E-state index in [1.54, 1.807) is 12.1 Å². The third-order valence-corrected chi connectivity index (χ3v) is 20.4. The van der Waals surface area contributed by atoms with Crippen molar-refractivity contribution in [3.8, 4) is 44.5 Å². The summed E-state index contributed by atoms with van der Waals surface area (Å²) in [5.41, 5.74) is 16.8. The molecular formula is C68H40N2O4Te2. The molecule has 0 saturated carbocycles. The molecule has 15 rings (SSSR count). The molecule has 2 aromatic heterocycles. The van der Waals surface area contributed by atoms with Gasteiger partial charge in [-0.05, 0) is 0 Å². The number of nitrogens with zero attached hydrogens (tertiary/aromatic N) is 2. The number of hydrogen-bond donors (Lipinski definition) is 0. The Labute approximate surface area is 458 Å². The second-order valence-electron chi connectivity index (χ2n) is 18.9. The Balaban J connectivity index is 0.000000140. The van der Waals surface area contributed by atoms with Crippen LogP contribution < -0.4 is 9.80 Å². The van der Waals surface area contributed by atoms with E-state index in [1.807, 2.05) is 60.7 Å². The number of ketones is 4. The molecule has 2 aliphatic carbocycles. The van der Waals surface area contributed by atoms with Gasteiger partial charge in [0.05, 0.1) is 0 Å². The van der Waals surface area contributed by atoms with Crippen molar-refractivity contribution >= 4 is 117 Å². The topological polar surface area (TPSA) is 74.8 Å². The molecule has 0 spiro atoms. The summed E-state index contributed by atoms with van der Waals surface area (Å²) in [5, 5.41) is 1.95. The van der Waals surface area contributed by atoms with E-state index < -0.39 is 40.9 Å². The van der Waals surface area contributed by atoms with Gasteiger partial charge in [-0.1, -0.05) is 0 Å². The van der Waals surface area contributed by atoms with Gasteiger partial charge in [-0.25, -0.2) is 0 Å². The van der Waals surface area contributed by atoms with Crippen molar-refractivity contribution in [1.82, 2.24) is 0 Å². The summed E-state index contributed by atoms with van der Waals surface area (Å²) in [6, 6.07) is 78.5. The zero-order valence-corrected chi connectivity index (χ0v) is 45.1. The van der Waals surface area contributed by atoms with E-state index in [0.717, 1.165) is 40.7 Å². The molecule has 2 aliphatic heterocycles. The van der Waals surface area contributed by atoms with E-state index in [-0.39, 0.29) is 34.3 Å². The van der Waals surface area contributed by atoms with Gasteiger partial charge in [-0.3, -0.25) is 0 Å². The maximum absolute atomic E-state index is 13.4. The number of anilines is 6. The number of rotatable bonds is 4. The van der Waals surface area contributed by atoms with Crippen LogP contribution in [0.1, 0.15) is 48.6 Å². The third-order valence-electron chi connectivity index (χ3n) is 14.6. The number of carbonyl (C=O) groups excluding carboxylic acids is 4. The van der Waals surface area contributed by atoms with Crippen LogP contribution in [-0.2, 0) is 0 Å². The van der Waals surface area contributed by atoms with Gasteiger partial charge in [0.15, 0.2) is 0 Å². The molecule has 0 unspecified atom stereocenters. The number of fused-ring (bicyclic) bond motifs is 13. The minimum atomic E-state index is -0.885. The second-order valence-corrected chi connectivity index (χ2v) is 25.1. The molecule has 9 aromatic carbocycles. The summed E-state index contributed by atoms with van der Waals surface area (Å²) in [6.45, 7) is 0. The fraction of sp³-hybridized carbons (Fsp3) is 0. The van der Waals surface area contributed by atoms with Crippen LogP contribution in [0.5, 0.6) is 0 Å². The molecule has 0 amide bonds. The van der Waals surface area contributed by atoms with E-state index >= 15 is 0 Å². The first-order valence-corrected chi connectivity index (χ1v) is 29.6. The Morgan fingerprint density at radius 1 is 0.263 bits per heavy atom. The number of carbonyl (C=O) groups is 4. The summed E-state index contributed by atoms with van der Waals surface area (Å²) < 4.78 is 4.62. The number of benzene rings is 9. The van der Waals surface area contributed by atoms with Gasteiger partial charge in [0.25, 0.3) is 0 Å². The minimum absolute atomic E-state index is 0.168. The van der Waals surface area contributed by atoms with Crippen LogP contribution >= 0.6 is 0 Å². The second kappa shape index (κ2) is 18.7. The molecule has 11 aromatic rings. The van der Waals surface area contributed by atoms with E-state index in [2.05, 4.69) is 180 Å². The fourth-order valence-electron chi connectivity index (χ4n) is 11.1. The number of hydrogen-bond acceptors (Lipinski definition) is 6. The molecule has 76 heavy (non-hydrogen) atoms. The van der Waals surface area contributed by atoms with Crippen molar-refractivity contribution < 1.29 is 19.2 Å². The van der Waals surface area contributed by atoms with Crippen LogP contribution in [0.25, 0.3) is 67.4 Å². The van der Waals surface area contributed by atoms with Crippen molar-refractivity contribution in [2.24, 2.45) is 0 Å². The van der Waals surface area contributed by atoms with E-state index in [0.29, 0.717) is 22.3 Å². The van der Waals surface area contributed by atoms with Crippen molar-refractivity contribution in [1.29, 1.82) is 0 Å². The monoisotopic (exact) mass is 1210 g/mol. The van der Waals surface area contributed by atoms with Crippen LogP contribution in [0.15, 0.2) is 242 Å². The van der Waals surface area contributed by atoms with Crippen molar-refractivity contribution in [3.63, 3.8) is 0 Å². The fourth-order valence-corrected chi connectivity index (χ4v) is 16.7. The molecule has 0 saturated heterocycles. The van der Waals surface area contributed by atoms with Gasteiger partial charge >= 0.3 is 462 Å². The quantitative estimate of drug-likeness (QED) is 0.0993. The van der Waals surface area contributed by atoms with E-state index in [4.69, 9.17) is 0 Å². The van der Waals surface area contributed by atoms with Gasteiger partial charge < -0.3 is 0 Å². The van der Waals surface area contributed by atoms with Crippen molar-refractivity contribution in [2.45, 2.75) is 0 Å². The SMILES string of the molecule is O=C1C(=Cc2ccc(N3c4ccccc4-c4ccccc4-c4ccccc43)[te]2)C(=O)c2cc3ccccc3cc21.O=C1C(=Cc2ccc(N3c4ccccc4-c4ccccc4-c4ccccc43)[te]2)C(=O)c2ccccc21. The van der Waals surface area contributed by atoms with Crippen LogP contribution in [-0.4, -0.2) is 64.0 Å². The molecule has 4 aliphatic rings. The number of allylic oxidation sites excluding steroid dienone is 2. The zero-order chi connectivity index (χ0) is 51.0. The third kappa shape index (κ3) is 7.60. The van der Waals surface area contributed by atoms with Crippen LogP contribution in [0, 0.1) is 0 Å². The van der Waals surface area contributed by atoms with Crippen molar-refractivity contribution in [3.05, 3.63) is 271 Å². The average Bonchev–Trinajstić information content (AvgIpc) is 4.21. The molecule has 358 valence electrons. The van der Waals surface area contributed by atoms with E-state index in [9.17, 15) is 19.2 Å². The molecule has 0 radical (unpaired) electrons. The van der Waals surface area contributed by atoms with Crippen LogP contribution in [0.4, 0.5) is 30.2 Å². The summed E-state index contributed by atoms with van der Waals surface area (Å²) in [7, 11) is 0. The molecule has 4 heterocycles. The summed E-state index contributed by atoms with van der Waals surface area (Å²) in [5.74, 6) is -0.682. The first kappa shape index (κ1) is 46.1. The standard InChI is InChI=1S/C36H21NO2Te.C32H19NO2Te/c38-35-29-19-22-9-1-2-10-23(22)20-30(29)36(39)31(35)21-24-17-18-34(40-24)37-32-15-7-5-13-27(32)25-11-3-4-12-26(25)28-14-6-8-16-33(28)37;34-31-25-13-3-4-14-26(25)32(35)27(31)19-20-17-18-30(36-20)33-28-15-7-5-11-23(28)21-9-1-2-10-22(21)24-12-6-8-16-29(24)33/h1-21H;1-19H. The number of Topliss-reactive ketones (excluding diaryl/α,β-unsaturated/α-hetero) is 4. The normalized spacial score (nSPS) is 13.5. The molecule has 0 N–H and O–H groups in total. The Morgan fingerprint density at radius 3 is 0.855 bits per heavy atom. The van der Waals surface area contributed by atoms with E-state index in [1.165, 1.54) is 51.9 Å². The summed E-state index contributed by atoms with van der Waals surface area (Å²) in [4.78, 5) is 57.4. The van der Waals surface area contributed by atoms with Gasteiger partial charge in [0.2, 0.25) is 0 Å². The van der Waals surface area contributed by atoms with Gasteiger partial charge in [-0.15, -0.1) is 0 Å². The first-order chi connectivity index (χ1) is 37.4. The Morgan fingerprint density at radius 2 is 0.526 bits per heavy atom. The molecule has 8 heteroatoms. The molecule has 0 atom stereocenters. The summed E-state index contributed by atoms with van der Waals surface area (Å²) in [6.07, 6.45) is 3.69. The Hall–Kier alpha value is -8.46. The molecule has 0 fully saturated rings. The van der Waals surface area contributed by atoms with Gasteiger partial charge in [0, 0.05) is 0 Å². The predicted molar refractivity (Wildman–Crippen MR) is 309 cm³/mol. The van der Waals surface area contributed by atoms with Crippen molar-refractivity contribution in [2.75, 3.05) is 9.80 Å². The summed E-state index contributed by atoms with van der Waals surface area (Å²) >= 11 is -1.73. The first-order valence-electron chi connectivity index (χ1n) is 25.0. The van der Waals surface area contributed by atoms with Gasteiger partial charge in [0.1, 0.15) is 0 Å². The average molecular weight is 1200 g/mol. The number of para-hydroxylation sites is 4.